The summed E-state index contributed by atoms with van der Waals surface area (Å²) in [6.45, 7) is 0.916. The Morgan fingerprint density at radius 2 is 1.73 bits per heavy atom. The van der Waals surface area contributed by atoms with Crippen LogP contribution in [0.15, 0.2) is 66.3 Å². The molecule has 2 aromatic carbocycles. The number of likely N-dealkylation sites (N-methyl/N-ethyl adjacent to an activating group) is 1. The van der Waals surface area contributed by atoms with Crippen molar-refractivity contribution >= 4 is 17.0 Å². The zero-order valence-corrected chi connectivity index (χ0v) is 16.1. The molecule has 0 aromatic heterocycles. The molecule has 3 rings (SSSR count). The summed E-state index contributed by atoms with van der Waals surface area (Å²) in [4.78, 5) is 4.29. The highest BCUT2D eigenvalue weighted by atomic mass is 15.1. The summed E-state index contributed by atoms with van der Waals surface area (Å²) in [7, 11) is 8.27. The van der Waals surface area contributed by atoms with Crippen molar-refractivity contribution in [3.63, 3.8) is 0 Å². The third kappa shape index (κ3) is 3.78. The molecule has 0 fully saturated rings. The van der Waals surface area contributed by atoms with Gasteiger partial charge in [0, 0.05) is 37.5 Å². The first-order valence-corrected chi connectivity index (χ1v) is 8.96. The second kappa shape index (κ2) is 7.71. The van der Waals surface area contributed by atoms with Crippen molar-refractivity contribution in [3.05, 3.63) is 82.9 Å². The molecule has 134 valence electrons. The van der Waals surface area contributed by atoms with E-state index in [-0.39, 0.29) is 0 Å². The van der Waals surface area contributed by atoms with Crippen LogP contribution >= 0.6 is 0 Å². The molecular weight excluding hydrogens is 318 g/mol. The van der Waals surface area contributed by atoms with Crippen LogP contribution in [0.3, 0.4) is 0 Å². The zero-order valence-electron chi connectivity index (χ0n) is 16.1. The van der Waals surface area contributed by atoms with Crippen LogP contribution < -0.4 is 4.90 Å². The van der Waals surface area contributed by atoms with Gasteiger partial charge in [0.15, 0.2) is 0 Å². The van der Waals surface area contributed by atoms with Gasteiger partial charge in [-0.2, -0.15) is 0 Å². The second-order valence-electron chi connectivity index (χ2n) is 7.21. The molecule has 0 amide bonds. The topological polar surface area (TPSA) is 30.3 Å². The molecule has 1 aliphatic carbocycles. The minimum Gasteiger partial charge on any atom is -0.378 e. The number of benzene rings is 2. The van der Waals surface area contributed by atoms with E-state index in [1.54, 1.807) is 0 Å². The van der Waals surface area contributed by atoms with Gasteiger partial charge in [-0.25, -0.2) is 0 Å². The Labute approximate surface area is 156 Å². The summed E-state index contributed by atoms with van der Waals surface area (Å²) in [5, 5.41) is 8.85. The number of rotatable bonds is 6. The predicted octanol–water partition coefficient (Wildman–Crippen LogP) is 4.44. The van der Waals surface area contributed by atoms with E-state index in [0.29, 0.717) is 5.71 Å². The zero-order chi connectivity index (χ0) is 18.7. The van der Waals surface area contributed by atoms with E-state index in [1.807, 2.05) is 44.4 Å². The molecule has 3 nitrogen and oxygen atoms in total. The van der Waals surface area contributed by atoms with Crippen LogP contribution in [0.1, 0.15) is 23.1 Å². The van der Waals surface area contributed by atoms with Gasteiger partial charge < -0.3 is 9.80 Å². The highest BCUT2D eigenvalue weighted by Gasteiger charge is 2.19. The maximum atomic E-state index is 8.85. The van der Waals surface area contributed by atoms with Crippen molar-refractivity contribution in [1.29, 1.82) is 5.41 Å². The van der Waals surface area contributed by atoms with Gasteiger partial charge in [0.2, 0.25) is 0 Å². The minimum atomic E-state index is 0.577. The molecule has 0 saturated carbocycles. The van der Waals surface area contributed by atoms with Gasteiger partial charge in [0.1, 0.15) is 0 Å². The summed E-state index contributed by atoms with van der Waals surface area (Å²) in [6, 6.07) is 16.5. The normalized spacial score (nSPS) is 13.6. The SMILES string of the molecule is CN(C)CC1=C(c2ccc(N(C)C)cc2C(=N)c2ccccc2)CC=C1. The molecule has 3 heteroatoms. The number of hydrogen-bond donors (Lipinski definition) is 1. The molecule has 0 saturated heterocycles. The number of nitrogens with one attached hydrogen (secondary N) is 1. The summed E-state index contributed by atoms with van der Waals surface area (Å²) < 4.78 is 0. The summed E-state index contributed by atoms with van der Waals surface area (Å²) in [5.74, 6) is 0. The smallest absolute Gasteiger partial charge is 0.0691 e. The standard InChI is InChI=1S/C23H27N3/c1-25(2)16-18-11-8-12-20(18)21-14-13-19(26(3)4)15-22(21)23(24)17-9-6-5-7-10-17/h5-11,13-15,24H,12,16H2,1-4H3. The Morgan fingerprint density at radius 1 is 1.00 bits per heavy atom. The first-order valence-electron chi connectivity index (χ1n) is 8.96. The van der Waals surface area contributed by atoms with E-state index < -0.39 is 0 Å². The van der Waals surface area contributed by atoms with Crippen LogP contribution in [-0.2, 0) is 0 Å². The average Bonchev–Trinajstić information content (AvgIpc) is 3.08. The maximum absolute atomic E-state index is 8.85. The molecule has 1 aliphatic rings. The Balaban J connectivity index is 2.12. The van der Waals surface area contributed by atoms with E-state index >= 15 is 0 Å². The molecule has 0 heterocycles. The molecule has 1 N–H and O–H groups in total. The van der Waals surface area contributed by atoms with Crippen molar-refractivity contribution in [2.45, 2.75) is 6.42 Å². The Kier molecular flexibility index (Phi) is 5.38. The quantitative estimate of drug-likeness (QED) is 0.784. The van der Waals surface area contributed by atoms with Gasteiger partial charge in [0.05, 0.1) is 5.71 Å². The predicted molar refractivity (Wildman–Crippen MR) is 112 cm³/mol. The van der Waals surface area contributed by atoms with Crippen LogP contribution in [-0.4, -0.2) is 45.3 Å². The van der Waals surface area contributed by atoms with Gasteiger partial charge >= 0.3 is 0 Å². The Morgan fingerprint density at radius 3 is 2.38 bits per heavy atom. The highest BCUT2D eigenvalue weighted by molar-refractivity contribution is 6.14. The van der Waals surface area contributed by atoms with Crippen molar-refractivity contribution in [1.82, 2.24) is 4.90 Å². The highest BCUT2D eigenvalue weighted by Crippen LogP contribution is 2.34. The van der Waals surface area contributed by atoms with Crippen LogP contribution in [0.25, 0.3) is 5.57 Å². The minimum absolute atomic E-state index is 0.577. The van der Waals surface area contributed by atoms with Crippen molar-refractivity contribution in [2.24, 2.45) is 0 Å². The van der Waals surface area contributed by atoms with E-state index in [0.717, 1.165) is 29.8 Å². The molecule has 26 heavy (non-hydrogen) atoms. The molecule has 0 spiro atoms. The summed E-state index contributed by atoms with van der Waals surface area (Å²) in [5.41, 5.74) is 7.49. The van der Waals surface area contributed by atoms with Gasteiger partial charge in [0.25, 0.3) is 0 Å². The lowest BCUT2D eigenvalue weighted by Gasteiger charge is -2.20. The van der Waals surface area contributed by atoms with E-state index in [2.05, 4.69) is 54.2 Å². The van der Waals surface area contributed by atoms with E-state index in [9.17, 15) is 0 Å². The van der Waals surface area contributed by atoms with Crippen LogP contribution in [0.4, 0.5) is 5.69 Å². The number of allylic oxidation sites excluding steroid dienone is 2. The van der Waals surface area contributed by atoms with Crippen LogP contribution in [0.2, 0.25) is 0 Å². The maximum Gasteiger partial charge on any atom is 0.0691 e. The molecule has 2 aromatic rings. The number of anilines is 1. The lowest BCUT2D eigenvalue weighted by Crippen LogP contribution is -2.15. The fraction of sp³-hybridized carbons (Fsp3) is 0.261. The molecule has 0 radical (unpaired) electrons. The van der Waals surface area contributed by atoms with Gasteiger partial charge in [-0.1, -0.05) is 48.6 Å². The summed E-state index contributed by atoms with van der Waals surface area (Å²) >= 11 is 0. The van der Waals surface area contributed by atoms with Crippen molar-refractivity contribution in [2.75, 3.05) is 39.6 Å². The average molecular weight is 345 g/mol. The Bertz CT molecular complexity index is 858. The lowest BCUT2D eigenvalue weighted by atomic mass is 9.90. The molecule has 0 bridgehead atoms. The lowest BCUT2D eigenvalue weighted by molar-refractivity contribution is 0.450. The van der Waals surface area contributed by atoms with Crippen LogP contribution in [0.5, 0.6) is 0 Å². The second-order valence-corrected chi connectivity index (χ2v) is 7.21. The molecule has 0 unspecified atom stereocenters. The first-order chi connectivity index (χ1) is 12.5. The monoisotopic (exact) mass is 345 g/mol. The third-order valence-electron chi connectivity index (χ3n) is 4.69. The third-order valence-corrected chi connectivity index (χ3v) is 4.69. The molecule has 0 atom stereocenters. The molecule has 0 aliphatic heterocycles. The Hall–Kier alpha value is -2.65. The summed E-state index contributed by atoms with van der Waals surface area (Å²) in [6.07, 6.45) is 5.38. The fourth-order valence-corrected chi connectivity index (χ4v) is 3.36. The van der Waals surface area contributed by atoms with E-state index in [1.165, 1.54) is 16.7 Å². The number of nitrogens with zero attached hydrogens (tertiary/aromatic N) is 2. The van der Waals surface area contributed by atoms with Gasteiger partial charge in [-0.05, 0) is 49.4 Å². The van der Waals surface area contributed by atoms with E-state index in [4.69, 9.17) is 5.41 Å². The number of hydrogen-bond acceptors (Lipinski definition) is 3. The largest absolute Gasteiger partial charge is 0.378 e. The van der Waals surface area contributed by atoms with Crippen molar-refractivity contribution in [3.8, 4) is 0 Å². The molecular formula is C23H27N3. The fourth-order valence-electron chi connectivity index (χ4n) is 3.36. The van der Waals surface area contributed by atoms with Crippen LogP contribution in [0, 0.1) is 5.41 Å². The van der Waals surface area contributed by atoms with Crippen molar-refractivity contribution < 1.29 is 0 Å². The first kappa shape index (κ1) is 18.2. The van der Waals surface area contributed by atoms with Gasteiger partial charge in [-0.3, -0.25) is 5.41 Å². The van der Waals surface area contributed by atoms with Gasteiger partial charge in [-0.15, -0.1) is 0 Å².